The summed E-state index contributed by atoms with van der Waals surface area (Å²) in [7, 11) is 3.42. The number of alkyl halides is 3. The molecule has 0 aliphatic carbocycles. The summed E-state index contributed by atoms with van der Waals surface area (Å²) in [6.07, 6.45) is -3.57. The van der Waals surface area contributed by atoms with Crippen LogP contribution in [0.15, 0.2) is 29.3 Å². The molecule has 2 N–H and O–H groups in total. The third-order valence-electron chi connectivity index (χ3n) is 3.11. The molecule has 0 aliphatic rings. The summed E-state index contributed by atoms with van der Waals surface area (Å²) < 4.78 is 37.9. The molecule has 0 aliphatic heterocycles. The minimum Gasteiger partial charge on any atom is -0.359 e. The number of guanidine groups is 1. The summed E-state index contributed by atoms with van der Waals surface area (Å²) in [5.74, 6) is 0.709. The molecule has 6 heteroatoms. The molecule has 3 nitrogen and oxygen atoms in total. The van der Waals surface area contributed by atoms with Gasteiger partial charge in [0.1, 0.15) is 0 Å². The van der Waals surface area contributed by atoms with E-state index in [-0.39, 0.29) is 5.92 Å². The molecule has 0 saturated heterocycles. The van der Waals surface area contributed by atoms with Gasteiger partial charge in [0, 0.05) is 20.6 Å². The van der Waals surface area contributed by atoms with Gasteiger partial charge in [-0.05, 0) is 24.0 Å². The first-order valence-corrected chi connectivity index (χ1v) is 6.44. The highest BCUT2D eigenvalue weighted by atomic mass is 19.4. The second kappa shape index (κ2) is 7.17. The van der Waals surface area contributed by atoms with Crippen molar-refractivity contribution in [1.82, 2.24) is 10.6 Å². The predicted octanol–water partition coefficient (Wildman–Crippen LogP) is 2.99. The Bertz CT molecular complexity index is 455. The molecule has 1 unspecified atom stereocenters. The lowest BCUT2D eigenvalue weighted by Crippen LogP contribution is -2.35. The van der Waals surface area contributed by atoms with E-state index in [1.807, 2.05) is 6.92 Å². The normalized spacial score (nSPS) is 14.0. The molecule has 1 aromatic rings. The van der Waals surface area contributed by atoms with Gasteiger partial charge in [-0.15, -0.1) is 0 Å². The zero-order valence-corrected chi connectivity index (χ0v) is 11.9. The Kier molecular flexibility index (Phi) is 5.85. The molecule has 0 fully saturated rings. The van der Waals surface area contributed by atoms with Gasteiger partial charge in [-0.3, -0.25) is 4.99 Å². The number of halogens is 3. The largest absolute Gasteiger partial charge is 0.416 e. The van der Waals surface area contributed by atoms with E-state index < -0.39 is 11.7 Å². The summed E-state index contributed by atoms with van der Waals surface area (Å²) in [5, 5.41) is 5.97. The summed E-state index contributed by atoms with van der Waals surface area (Å²) in [4.78, 5) is 3.97. The van der Waals surface area contributed by atoms with Gasteiger partial charge in [0.15, 0.2) is 5.96 Å². The van der Waals surface area contributed by atoms with Crippen molar-refractivity contribution in [2.24, 2.45) is 4.99 Å². The molecular formula is C14H20F3N3. The number of nitrogens with one attached hydrogen (secondary N) is 2. The van der Waals surface area contributed by atoms with Crippen LogP contribution in [0.5, 0.6) is 0 Å². The molecular weight excluding hydrogens is 267 g/mol. The van der Waals surface area contributed by atoms with Crippen LogP contribution in [0.3, 0.4) is 0 Å². The molecule has 0 saturated carbocycles. The number of hydrogen-bond donors (Lipinski definition) is 2. The lowest BCUT2D eigenvalue weighted by atomic mass is 9.96. The van der Waals surface area contributed by atoms with Gasteiger partial charge in [-0.2, -0.15) is 13.2 Å². The molecule has 0 amide bonds. The lowest BCUT2D eigenvalue weighted by Gasteiger charge is -2.15. The van der Waals surface area contributed by atoms with Crippen molar-refractivity contribution in [3.8, 4) is 0 Å². The topological polar surface area (TPSA) is 36.4 Å². The minimum absolute atomic E-state index is 0.0414. The zero-order valence-electron chi connectivity index (χ0n) is 11.9. The van der Waals surface area contributed by atoms with Crippen molar-refractivity contribution < 1.29 is 13.2 Å². The Morgan fingerprint density at radius 2 is 2.05 bits per heavy atom. The number of benzene rings is 1. The molecule has 0 aromatic heterocycles. The zero-order chi connectivity index (χ0) is 15.2. The molecule has 1 aromatic carbocycles. The van der Waals surface area contributed by atoms with Crippen LogP contribution in [0.4, 0.5) is 13.2 Å². The Labute approximate surface area is 117 Å². The van der Waals surface area contributed by atoms with Gasteiger partial charge >= 0.3 is 6.18 Å². The molecule has 1 rings (SSSR count). The fourth-order valence-corrected chi connectivity index (χ4v) is 1.87. The fraction of sp³-hybridized carbons (Fsp3) is 0.500. The van der Waals surface area contributed by atoms with Crippen molar-refractivity contribution >= 4 is 5.96 Å². The fourth-order valence-electron chi connectivity index (χ4n) is 1.87. The summed E-state index contributed by atoms with van der Waals surface area (Å²) in [6.45, 7) is 2.56. The highest BCUT2D eigenvalue weighted by molar-refractivity contribution is 5.79. The van der Waals surface area contributed by atoms with Gasteiger partial charge in [0.05, 0.1) is 5.56 Å². The number of nitrogens with zero attached hydrogens (tertiary/aromatic N) is 1. The summed E-state index contributed by atoms with van der Waals surface area (Å²) >= 11 is 0. The minimum atomic E-state index is -4.29. The van der Waals surface area contributed by atoms with E-state index in [0.717, 1.165) is 12.5 Å². The SMILES string of the molecule is CN=C(NC)NCCC(C)c1cccc(C(F)(F)F)c1. The Morgan fingerprint density at radius 3 is 2.60 bits per heavy atom. The van der Waals surface area contributed by atoms with Crippen LogP contribution in [-0.4, -0.2) is 26.6 Å². The maximum Gasteiger partial charge on any atom is 0.416 e. The number of rotatable bonds is 4. The molecule has 20 heavy (non-hydrogen) atoms. The van der Waals surface area contributed by atoms with Crippen molar-refractivity contribution in [2.75, 3.05) is 20.6 Å². The van der Waals surface area contributed by atoms with Crippen LogP contribution in [0.1, 0.15) is 30.4 Å². The van der Waals surface area contributed by atoms with Crippen molar-refractivity contribution in [3.63, 3.8) is 0 Å². The summed E-state index contributed by atoms with van der Waals surface area (Å²) in [5.41, 5.74) is 0.0990. The van der Waals surface area contributed by atoms with Crippen LogP contribution >= 0.6 is 0 Å². The van der Waals surface area contributed by atoms with Crippen molar-refractivity contribution in [3.05, 3.63) is 35.4 Å². The van der Waals surface area contributed by atoms with E-state index in [2.05, 4.69) is 15.6 Å². The highest BCUT2D eigenvalue weighted by Crippen LogP contribution is 2.31. The molecule has 0 heterocycles. The monoisotopic (exact) mass is 287 g/mol. The Hall–Kier alpha value is -1.72. The number of hydrogen-bond acceptors (Lipinski definition) is 1. The summed E-state index contributed by atoms with van der Waals surface area (Å²) in [6, 6.07) is 5.50. The van der Waals surface area contributed by atoms with Crippen LogP contribution in [0.25, 0.3) is 0 Å². The molecule has 0 spiro atoms. The van der Waals surface area contributed by atoms with Gasteiger partial charge in [-0.1, -0.05) is 25.1 Å². The third-order valence-corrected chi connectivity index (χ3v) is 3.11. The Balaban J connectivity index is 2.62. The van der Waals surface area contributed by atoms with E-state index in [1.54, 1.807) is 20.2 Å². The first-order valence-electron chi connectivity index (χ1n) is 6.44. The van der Waals surface area contributed by atoms with Gasteiger partial charge < -0.3 is 10.6 Å². The van der Waals surface area contributed by atoms with Crippen LogP contribution in [-0.2, 0) is 6.18 Å². The first kappa shape index (κ1) is 16.3. The van der Waals surface area contributed by atoms with Crippen LogP contribution in [0.2, 0.25) is 0 Å². The highest BCUT2D eigenvalue weighted by Gasteiger charge is 2.30. The Morgan fingerprint density at radius 1 is 1.35 bits per heavy atom. The van der Waals surface area contributed by atoms with E-state index in [4.69, 9.17) is 0 Å². The average Bonchev–Trinajstić information content (AvgIpc) is 2.42. The van der Waals surface area contributed by atoms with Crippen LogP contribution in [0, 0.1) is 0 Å². The predicted molar refractivity (Wildman–Crippen MR) is 74.9 cm³/mol. The molecule has 1 atom stereocenters. The average molecular weight is 287 g/mol. The molecule has 112 valence electrons. The van der Waals surface area contributed by atoms with Crippen LogP contribution < -0.4 is 10.6 Å². The van der Waals surface area contributed by atoms with E-state index in [1.165, 1.54) is 12.1 Å². The van der Waals surface area contributed by atoms with Crippen molar-refractivity contribution in [1.29, 1.82) is 0 Å². The smallest absolute Gasteiger partial charge is 0.359 e. The lowest BCUT2D eigenvalue weighted by molar-refractivity contribution is -0.137. The van der Waals surface area contributed by atoms with E-state index in [9.17, 15) is 13.2 Å². The maximum absolute atomic E-state index is 12.6. The van der Waals surface area contributed by atoms with E-state index in [0.29, 0.717) is 18.1 Å². The van der Waals surface area contributed by atoms with E-state index >= 15 is 0 Å². The first-order chi connectivity index (χ1) is 9.38. The van der Waals surface area contributed by atoms with Gasteiger partial charge in [0.2, 0.25) is 0 Å². The quantitative estimate of drug-likeness (QED) is 0.660. The second-order valence-electron chi connectivity index (χ2n) is 4.56. The third kappa shape index (κ3) is 4.75. The number of aliphatic imine (C=N–C) groups is 1. The maximum atomic E-state index is 12.6. The molecule has 0 radical (unpaired) electrons. The van der Waals surface area contributed by atoms with Gasteiger partial charge in [0.25, 0.3) is 0 Å². The van der Waals surface area contributed by atoms with Crippen molar-refractivity contribution in [2.45, 2.75) is 25.4 Å². The van der Waals surface area contributed by atoms with Gasteiger partial charge in [-0.25, -0.2) is 0 Å². The standard InChI is InChI=1S/C14H20F3N3/c1-10(7-8-20-13(18-2)19-3)11-5-4-6-12(9-11)14(15,16)17/h4-6,9-10H,7-8H2,1-3H3,(H2,18,19,20). The molecule has 0 bridgehead atoms. The second-order valence-corrected chi connectivity index (χ2v) is 4.56.